The van der Waals surface area contributed by atoms with E-state index >= 15 is 0 Å². The molecule has 12 valence electrons. The van der Waals surface area contributed by atoms with Crippen LogP contribution in [0.3, 0.4) is 0 Å². The van der Waals surface area contributed by atoms with E-state index in [4.69, 9.17) is 0 Å². The fourth-order valence-electron chi connectivity index (χ4n) is 0. The number of hydrogen-bond acceptors (Lipinski definition) is 0. The zero-order chi connectivity index (χ0) is 0. The summed E-state index contributed by atoms with van der Waals surface area (Å²) < 4.78 is 0. The van der Waals surface area contributed by atoms with Crippen LogP contribution in [0.4, 0.5) is 0 Å². The molecule has 0 saturated heterocycles. The first kappa shape index (κ1) is 25.4. The average molecular weight is 367 g/mol. The van der Waals surface area contributed by atoms with Crippen LogP contribution >= 0.6 is 0 Å². The Kier molecular flexibility index (Phi) is 101. The standard InChI is InChI=1S/Ba.Cd.Cr.Zn. The quantitative estimate of drug-likeness (QED) is 0.512. The molecule has 0 N–H and O–H groups in total. The van der Waals surface area contributed by atoms with Gasteiger partial charge < -0.3 is 0 Å². The largest absolute Gasteiger partial charge is 0 e. The molecular formula is BaCdCrZn. The van der Waals surface area contributed by atoms with Crippen molar-refractivity contribution in [1.29, 1.82) is 0 Å². The minimum absolute atomic E-state index is 0. The van der Waals surface area contributed by atoms with E-state index in [0.717, 1.165) is 0 Å². The van der Waals surface area contributed by atoms with Gasteiger partial charge in [0.05, 0.1) is 0 Å². The predicted octanol–water partition coefficient (Wildman–Crippen LogP) is -0.388. The first-order chi connectivity index (χ1) is 0. The van der Waals surface area contributed by atoms with Crippen LogP contribution in [0.15, 0.2) is 0 Å². The average Bonchev–Trinajstić information content (AvgIpc) is 0. The third-order valence-corrected chi connectivity index (χ3v) is 0. The fourth-order valence-corrected chi connectivity index (χ4v) is 0. The molecule has 4 heavy (non-hydrogen) atoms. The molecule has 4 heteroatoms. The number of hydrogen-bond donors (Lipinski definition) is 0. The minimum Gasteiger partial charge on any atom is 0 e. The van der Waals surface area contributed by atoms with Crippen LogP contribution in [0.5, 0.6) is 0 Å². The maximum Gasteiger partial charge on any atom is 0 e. The third-order valence-electron chi connectivity index (χ3n) is 0. The van der Waals surface area contributed by atoms with Crippen molar-refractivity contribution in [1.82, 2.24) is 0 Å². The SMILES string of the molecule is [Ba].[Cd].[Cr].[Zn]. The van der Waals surface area contributed by atoms with Crippen LogP contribution in [0.1, 0.15) is 0 Å². The van der Waals surface area contributed by atoms with Gasteiger partial charge >= 0.3 is 0 Å². The summed E-state index contributed by atoms with van der Waals surface area (Å²) in [5, 5.41) is 0. The monoisotopic (exact) mass is 368 g/mol. The second kappa shape index (κ2) is 15.9. The summed E-state index contributed by atoms with van der Waals surface area (Å²) in [6.45, 7) is 0. The summed E-state index contributed by atoms with van der Waals surface area (Å²) >= 11 is 0. The normalized spacial score (nSPS) is 0. The molecule has 0 bridgehead atoms. The van der Waals surface area contributed by atoms with E-state index < -0.39 is 0 Å². The maximum atomic E-state index is 0. The van der Waals surface area contributed by atoms with Crippen molar-refractivity contribution in [2.45, 2.75) is 0 Å². The van der Waals surface area contributed by atoms with Gasteiger partial charge in [-0.05, 0) is 0 Å². The molecule has 0 rings (SSSR count). The van der Waals surface area contributed by atoms with Crippen LogP contribution in [-0.4, -0.2) is 48.9 Å². The Hall–Kier alpha value is 3.65. The molecule has 0 spiro atoms. The van der Waals surface area contributed by atoms with Crippen molar-refractivity contribution in [3.8, 4) is 0 Å². The Morgan fingerprint density at radius 3 is 1.00 bits per heavy atom. The third kappa shape index (κ3) is 9.17. The summed E-state index contributed by atoms with van der Waals surface area (Å²) in [5.41, 5.74) is 0. The van der Waals surface area contributed by atoms with Gasteiger partial charge in [-0.25, -0.2) is 0 Å². The molecule has 0 aliphatic heterocycles. The molecule has 0 aromatic carbocycles. The molecule has 0 saturated carbocycles. The van der Waals surface area contributed by atoms with E-state index in [1.54, 1.807) is 0 Å². The van der Waals surface area contributed by atoms with Gasteiger partial charge in [0.1, 0.15) is 0 Å². The van der Waals surface area contributed by atoms with Gasteiger partial charge in [0, 0.05) is 113 Å². The van der Waals surface area contributed by atoms with Crippen molar-refractivity contribution < 1.29 is 64.1 Å². The Labute approximate surface area is 110 Å². The Morgan fingerprint density at radius 2 is 1.00 bits per heavy atom. The van der Waals surface area contributed by atoms with Crippen LogP contribution in [0.2, 0.25) is 0 Å². The van der Waals surface area contributed by atoms with E-state index in [-0.39, 0.29) is 113 Å². The van der Waals surface area contributed by atoms with Gasteiger partial charge in [0.25, 0.3) is 0 Å². The van der Waals surface area contributed by atoms with Gasteiger partial charge in [0.2, 0.25) is 0 Å². The summed E-state index contributed by atoms with van der Waals surface area (Å²) in [6.07, 6.45) is 0. The second-order valence-electron chi connectivity index (χ2n) is 0. The van der Waals surface area contributed by atoms with E-state index in [0.29, 0.717) is 0 Å². The number of rotatable bonds is 0. The van der Waals surface area contributed by atoms with Gasteiger partial charge in [-0.15, -0.1) is 0 Å². The van der Waals surface area contributed by atoms with E-state index in [1.165, 1.54) is 0 Å². The molecule has 0 amide bonds. The van der Waals surface area contributed by atoms with Gasteiger partial charge in [0.15, 0.2) is 0 Å². The molecule has 0 aromatic rings. The molecule has 0 aliphatic carbocycles. The summed E-state index contributed by atoms with van der Waals surface area (Å²) in [7, 11) is 0. The first-order valence-corrected chi connectivity index (χ1v) is 0. The van der Waals surface area contributed by atoms with Crippen LogP contribution < -0.4 is 0 Å². The molecule has 0 aliphatic rings. The Bertz CT molecular complexity index is 8.00. The predicted molar refractivity (Wildman–Crippen MR) is 5.75 cm³/mol. The van der Waals surface area contributed by atoms with Crippen molar-refractivity contribution in [2.75, 3.05) is 0 Å². The van der Waals surface area contributed by atoms with Gasteiger partial charge in [-0.3, -0.25) is 0 Å². The molecule has 2 radical (unpaired) electrons. The van der Waals surface area contributed by atoms with Gasteiger partial charge in [-0.2, -0.15) is 0 Å². The first-order valence-electron chi connectivity index (χ1n) is 0. The van der Waals surface area contributed by atoms with Crippen molar-refractivity contribution in [3.05, 3.63) is 0 Å². The zero-order valence-electron chi connectivity index (χ0n) is 2.53. The second-order valence-corrected chi connectivity index (χ2v) is 0. The summed E-state index contributed by atoms with van der Waals surface area (Å²) in [6, 6.07) is 0. The molecule has 0 atom stereocenters. The van der Waals surface area contributed by atoms with Crippen molar-refractivity contribution in [3.63, 3.8) is 0 Å². The molecule has 0 fully saturated rings. The molecule has 0 nitrogen and oxygen atoms in total. The van der Waals surface area contributed by atoms with Crippen LogP contribution in [0, 0.1) is 0 Å². The molecule has 0 aromatic heterocycles. The Morgan fingerprint density at radius 1 is 1.00 bits per heavy atom. The minimum atomic E-state index is 0. The van der Waals surface area contributed by atoms with Crippen molar-refractivity contribution in [2.24, 2.45) is 0 Å². The molecule has 0 unspecified atom stereocenters. The smallest absolute Gasteiger partial charge is 0 e. The summed E-state index contributed by atoms with van der Waals surface area (Å²) in [4.78, 5) is 0. The van der Waals surface area contributed by atoms with E-state index in [2.05, 4.69) is 0 Å². The topological polar surface area (TPSA) is 0 Å². The summed E-state index contributed by atoms with van der Waals surface area (Å²) in [5.74, 6) is 0. The molecular weight excluding hydrogens is 367 g/mol. The Balaban J connectivity index is 0. The van der Waals surface area contributed by atoms with E-state index in [1.807, 2.05) is 0 Å². The van der Waals surface area contributed by atoms with Crippen LogP contribution in [0.25, 0.3) is 0 Å². The fraction of sp³-hybridized carbons (Fsp3) is 0. The zero-order valence-corrected chi connectivity index (χ0v) is 15.2. The van der Waals surface area contributed by atoms with Crippen LogP contribution in [-0.2, 0) is 64.1 Å². The van der Waals surface area contributed by atoms with Gasteiger partial charge in [-0.1, -0.05) is 0 Å². The van der Waals surface area contributed by atoms with Crippen molar-refractivity contribution >= 4 is 48.9 Å². The van der Waals surface area contributed by atoms with E-state index in [9.17, 15) is 0 Å². The molecule has 0 heterocycles. The maximum absolute atomic E-state index is 0.